The van der Waals surface area contributed by atoms with Crippen LogP contribution in [0.1, 0.15) is 15.9 Å². The average Bonchev–Trinajstić information content (AvgIpc) is 2.83. The lowest BCUT2D eigenvalue weighted by Crippen LogP contribution is -2.33. The second-order valence-electron chi connectivity index (χ2n) is 7.15. The van der Waals surface area contributed by atoms with Crippen molar-refractivity contribution in [2.24, 2.45) is 0 Å². The SMILES string of the molecule is CNC(=O)c1cc(-c2ccc(OC)c(OC)c2)cc2c1OCCN2Cc1cccnc1. The van der Waals surface area contributed by atoms with E-state index in [0.717, 1.165) is 22.4 Å². The van der Waals surface area contributed by atoms with Crippen molar-refractivity contribution in [2.75, 3.05) is 39.3 Å². The van der Waals surface area contributed by atoms with E-state index in [9.17, 15) is 4.79 Å². The molecule has 1 amide bonds. The van der Waals surface area contributed by atoms with Crippen LogP contribution >= 0.6 is 0 Å². The van der Waals surface area contributed by atoms with E-state index in [0.29, 0.717) is 42.5 Å². The predicted octanol–water partition coefficient (Wildman–Crippen LogP) is 3.52. The topological polar surface area (TPSA) is 72.9 Å². The van der Waals surface area contributed by atoms with Gasteiger partial charge in [-0.2, -0.15) is 0 Å². The van der Waals surface area contributed by atoms with Gasteiger partial charge < -0.3 is 24.4 Å². The number of carbonyl (C=O) groups is 1. The zero-order valence-electron chi connectivity index (χ0n) is 17.8. The first-order valence-corrected chi connectivity index (χ1v) is 10.0. The average molecular weight is 419 g/mol. The molecular formula is C24H25N3O4. The van der Waals surface area contributed by atoms with Crippen molar-refractivity contribution in [3.63, 3.8) is 0 Å². The van der Waals surface area contributed by atoms with E-state index in [-0.39, 0.29) is 5.91 Å². The minimum Gasteiger partial charge on any atom is -0.493 e. The third-order valence-corrected chi connectivity index (χ3v) is 5.30. The minimum atomic E-state index is -0.193. The number of aromatic nitrogens is 1. The molecule has 0 spiro atoms. The fraction of sp³-hybridized carbons (Fsp3) is 0.250. The fourth-order valence-corrected chi connectivity index (χ4v) is 3.74. The lowest BCUT2D eigenvalue weighted by Gasteiger charge is -2.33. The van der Waals surface area contributed by atoms with E-state index in [1.165, 1.54) is 0 Å². The van der Waals surface area contributed by atoms with E-state index in [2.05, 4.69) is 21.3 Å². The van der Waals surface area contributed by atoms with Crippen molar-refractivity contribution < 1.29 is 19.0 Å². The number of pyridine rings is 1. The third-order valence-electron chi connectivity index (χ3n) is 5.30. The second-order valence-corrected chi connectivity index (χ2v) is 7.15. The molecule has 0 aliphatic carbocycles. The summed E-state index contributed by atoms with van der Waals surface area (Å²) >= 11 is 0. The van der Waals surface area contributed by atoms with Crippen LogP contribution < -0.4 is 24.4 Å². The first-order valence-electron chi connectivity index (χ1n) is 10.0. The summed E-state index contributed by atoms with van der Waals surface area (Å²) in [5.41, 5.74) is 4.27. The highest BCUT2D eigenvalue weighted by Crippen LogP contribution is 2.41. The molecule has 4 rings (SSSR count). The van der Waals surface area contributed by atoms with Gasteiger partial charge in [-0.05, 0) is 47.0 Å². The highest BCUT2D eigenvalue weighted by Gasteiger charge is 2.26. The molecule has 0 saturated carbocycles. The van der Waals surface area contributed by atoms with Gasteiger partial charge in [-0.15, -0.1) is 0 Å². The van der Waals surface area contributed by atoms with Crippen LogP contribution in [0.3, 0.4) is 0 Å². The number of amides is 1. The molecule has 0 unspecified atom stereocenters. The maximum Gasteiger partial charge on any atom is 0.254 e. The van der Waals surface area contributed by atoms with Crippen molar-refractivity contribution >= 4 is 11.6 Å². The summed E-state index contributed by atoms with van der Waals surface area (Å²) in [7, 11) is 4.83. The van der Waals surface area contributed by atoms with Crippen molar-refractivity contribution in [3.05, 3.63) is 66.0 Å². The molecule has 31 heavy (non-hydrogen) atoms. The van der Waals surface area contributed by atoms with Crippen LogP contribution in [0, 0.1) is 0 Å². The summed E-state index contributed by atoms with van der Waals surface area (Å²) in [5.74, 6) is 1.68. The monoisotopic (exact) mass is 419 g/mol. The van der Waals surface area contributed by atoms with Gasteiger partial charge in [-0.1, -0.05) is 12.1 Å². The van der Waals surface area contributed by atoms with E-state index >= 15 is 0 Å². The van der Waals surface area contributed by atoms with E-state index in [1.54, 1.807) is 27.5 Å². The van der Waals surface area contributed by atoms with Gasteiger partial charge in [0.15, 0.2) is 17.2 Å². The Labute approximate surface area is 181 Å². The number of rotatable bonds is 6. The minimum absolute atomic E-state index is 0.193. The molecule has 2 heterocycles. The first-order chi connectivity index (χ1) is 15.1. The lowest BCUT2D eigenvalue weighted by atomic mass is 9.98. The molecule has 2 aromatic carbocycles. The number of benzene rings is 2. The van der Waals surface area contributed by atoms with Crippen molar-refractivity contribution in [1.82, 2.24) is 10.3 Å². The van der Waals surface area contributed by atoms with Crippen LogP contribution in [-0.2, 0) is 6.54 Å². The highest BCUT2D eigenvalue weighted by molar-refractivity contribution is 6.00. The number of nitrogens with zero attached hydrogens (tertiary/aromatic N) is 2. The Bertz CT molecular complexity index is 1090. The van der Waals surface area contributed by atoms with Gasteiger partial charge in [-0.25, -0.2) is 0 Å². The quantitative estimate of drug-likeness (QED) is 0.659. The number of hydrogen-bond donors (Lipinski definition) is 1. The number of fused-ring (bicyclic) bond motifs is 1. The standard InChI is InChI=1S/C24H25N3O4/c1-25-24(28)19-11-18(17-6-7-21(29-2)22(13-17)30-3)12-20-23(19)31-10-9-27(20)15-16-5-4-8-26-14-16/h4-8,11-14H,9-10,15H2,1-3H3,(H,25,28). The second kappa shape index (κ2) is 8.95. The van der Waals surface area contributed by atoms with Gasteiger partial charge >= 0.3 is 0 Å². The van der Waals surface area contributed by atoms with Crippen molar-refractivity contribution in [3.8, 4) is 28.4 Å². The molecule has 0 fully saturated rings. The molecule has 1 aromatic heterocycles. The van der Waals surface area contributed by atoms with Gasteiger partial charge in [0.2, 0.25) is 0 Å². The third kappa shape index (κ3) is 4.12. The van der Waals surface area contributed by atoms with Crippen LogP contribution in [0.4, 0.5) is 5.69 Å². The highest BCUT2D eigenvalue weighted by atomic mass is 16.5. The predicted molar refractivity (Wildman–Crippen MR) is 119 cm³/mol. The molecule has 7 heteroatoms. The van der Waals surface area contributed by atoms with E-state index < -0.39 is 0 Å². The summed E-state index contributed by atoms with van der Waals surface area (Å²) in [5, 5.41) is 2.72. The molecule has 0 atom stereocenters. The first kappa shape index (κ1) is 20.5. The zero-order valence-corrected chi connectivity index (χ0v) is 17.8. The molecule has 1 aliphatic heterocycles. The van der Waals surface area contributed by atoms with Crippen molar-refractivity contribution in [2.45, 2.75) is 6.54 Å². The summed E-state index contributed by atoms with van der Waals surface area (Å²) in [4.78, 5) is 19.1. The van der Waals surface area contributed by atoms with Gasteiger partial charge in [0.05, 0.1) is 32.0 Å². The summed E-state index contributed by atoms with van der Waals surface area (Å²) < 4.78 is 16.8. The Kier molecular flexibility index (Phi) is 5.93. The largest absolute Gasteiger partial charge is 0.493 e. The maximum atomic E-state index is 12.7. The number of hydrogen-bond acceptors (Lipinski definition) is 6. The number of nitrogens with one attached hydrogen (secondary N) is 1. The molecule has 0 saturated heterocycles. The smallest absolute Gasteiger partial charge is 0.254 e. The summed E-state index contributed by atoms with van der Waals surface area (Å²) in [6.07, 6.45) is 3.61. The molecule has 3 aromatic rings. The molecule has 7 nitrogen and oxygen atoms in total. The van der Waals surface area contributed by atoms with Crippen LogP contribution in [0.5, 0.6) is 17.2 Å². The maximum absolute atomic E-state index is 12.7. The molecule has 160 valence electrons. The molecule has 0 radical (unpaired) electrons. The normalized spacial score (nSPS) is 12.5. The van der Waals surface area contributed by atoms with Gasteiger partial charge in [0, 0.05) is 26.0 Å². The number of methoxy groups -OCH3 is 2. The Morgan fingerprint density at radius 1 is 1.13 bits per heavy atom. The molecule has 1 N–H and O–H groups in total. The Morgan fingerprint density at radius 2 is 1.97 bits per heavy atom. The van der Waals surface area contributed by atoms with Crippen LogP contribution in [0.25, 0.3) is 11.1 Å². The fourth-order valence-electron chi connectivity index (χ4n) is 3.74. The zero-order chi connectivity index (χ0) is 21.8. The Balaban J connectivity index is 1.82. The van der Waals surface area contributed by atoms with Gasteiger partial charge in [-0.3, -0.25) is 9.78 Å². The van der Waals surface area contributed by atoms with Crippen LogP contribution in [0.2, 0.25) is 0 Å². The summed E-state index contributed by atoms with van der Waals surface area (Å²) in [6.45, 7) is 1.89. The number of anilines is 1. The van der Waals surface area contributed by atoms with Crippen molar-refractivity contribution in [1.29, 1.82) is 0 Å². The number of ether oxygens (including phenoxy) is 3. The van der Waals surface area contributed by atoms with E-state index in [4.69, 9.17) is 14.2 Å². The molecular weight excluding hydrogens is 394 g/mol. The van der Waals surface area contributed by atoms with Gasteiger partial charge in [0.25, 0.3) is 5.91 Å². The van der Waals surface area contributed by atoms with E-state index in [1.807, 2.05) is 42.6 Å². The number of carbonyl (C=O) groups excluding carboxylic acids is 1. The lowest BCUT2D eigenvalue weighted by molar-refractivity contribution is 0.0958. The molecule has 1 aliphatic rings. The van der Waals surface area contributed by atoms with Crippen LogP contribution in [0.15, 0.2) is 54.9 Å². The summed E-state index contributed by atoms with van der Waals surface area (Å²) in [6, 6.07) is 13.6. The Morgan fingerprint density at radius 3 is 2.68 bits per heavy atom. The Hall–Kier alpha value is -3.74. The van der Waals surface area contributed by atoms with Gasteiger partial charge in [0.1, 0.15) is 6.61 Å². The molecule has 0 bridgehead atoms. The van der Waals surface area contributed by atoms with Crippen LogP contribution in [-0.4, -0.2) is 45.3 Å².